The normalized spacial score (nSPS) is 10.4. The van der Waals surface area contributed by atoms with Crippen LogP contribution in [0.3, 0.4) is 0 Å². The molecule has 0 unspecified atom stereocenters. The van der Waals surface area contributed by atoms with E-state index in [1.54, 1.807) is 19.5 Å². The predicted molar refractivity (Wildman–Crippen MR) is 95.1 cm³/mol. The van der Waals surface area contributed by atoms with Crippen LogP contribution in [0, 0.1) is 0 Å². The second-order valence-electron chi connectivity index (χ2n) is 5.68. The van der Waals surface area contributed by atoms with Crippen LogP contribution in [-0.4, -0.2) is 17.9 Å². The standard InChI is InChI=1S/C21H19NO2/c1-24-21-4-2-3-17(15-21)14-20(23)13-16-5-7-18(8-6-16)19-9-11-22-12-10-19/h2-12,15H,13-14H2,1H3. The molecule has 0 radical (unpaired) electrons. The first-order valence-corrected chi connectivity index (χ1v) is 7.88. The van der Waals surface area contributed by atoms with E-state index in [2.05, 4.69) is 4.98 Å². The molecular formula is C21H19NO2. The van der Waals surface area contributed by atoms with Crippen LogP contribution in [0.4, 0.5) is 0 Å². The first-order chi connectivity index (χ1) is 11.7. The van der Waals surface area contributed by atoms with Crippen LogP contribution in [0.5, 0.6) is 5.75 Å². The molecule has 120 valence electrons. The number of hydrogen-bond acceptors (Lipinski definition) is 3. The second-order valence-corrected chi connectivity index (χ2v) is 5.68. The molecule has 1 heterocycles. The number of methoxy groups -OCH3 is 1. The van der Waals surface area contributed by atoms with E-state index >= 15 is 0 Å². The quantitative estimate of drug-likeness (QED) is 0.687. The van der Waals surface area contributed by atoms with E-state index in [-0.39, 0.29) is 5.78 Å². The molecule has 0 atom stereocenters. The Kier molecular flexibility index (Phi) is 5.02. The number of ketones is 1. The number of hydrogen-bond donors (Lipinski definition) is 0. The molecule has 3 rings (SSSR count). The smallest absolute Gasteiger partial charge is 0.141 e. The number of ether oxygens (including phenoxy) is 1. The minimum Gasteiger partial charge on any atom is -0.497 e. The number of nitrogens with zero attached hydrogens (tertiary/aromatic N) is 1. The highest BCUT2D eigenvalue weighted by atomic mass is 16.5. The van der Waals surface area contributed by atoms with Crippen LogP contribution in [0.1, 0.15) is 11.1 Å². The molecule has 0 N–H and O–H groups in total. The SMILES string of the molecule is COc1cccc(CC(=O)Cc2ccc(-c3ccncc3)cc2)c1. The summed E-state index contributed by atoms with van der Waals surface area (Å²) in [5, 5.41) is 0. The lowest BCUT2D eigenvalue weighted by atomic mass is 10.00. The highest BCUT2D eigenvalue weighted by Crippen LogP contribution is 2.19. The van der Waals surface area contributed by atoms with Gasteiger partial charge >= 0.3 is 0 Å². The van der Waals surface area contributed by atoms with Gasteiger partial charge in [0.15, 0.2) is 0 Å². The molecule has 3 aromatic rings. The Morgan fingerprint density at radius 1 is 0.875 bits per heavy atom. The molecule has 24 heavy (non-hydrogen) atoms. The summed E-state index contributed by atoms with van der Waals surface area (Å²) in [6.07, 6.45) is 4.42. The molecule has 0 saturated carbocycles. The zero-order chi connectivity index (χ0) is 16.8. The van der Waals surface area contributed by atoms with Gasteiger partial charge in [0.25, 0.3) is 0 Å². The predicted octanol–water partition coefficient (Wildman–Crippen LogP) is 4.11. The largest absolute Gasteiger partial charge is 0.497 e. The van der Waals surface area contributed by atoms with Crippen molar-refractivity contribution in [1.82, 2.24) is 4.98 Å². The Labute approximate surface area is 142 Å². The maximum atomic E-state index is 12.3. The summed E-state index contributed by atoms with van der Waals surface area (Å²) in [5.74, 6) is 0.974. The Balaban J connectivity index is 1.64. The molecule has 0 bridgehead atoms. The van der Waals surface area contributed by atoms with Crippen LogP contribution in [-0.2, 0) is 17.6 Å². The van der Waals surface area contributed by atoms with Gasteiger partial charge in [-0.15, -0.1) is 0 Å². The molecule has 0 aliphatic rings. The second kappa shape index (κ2) is 7.55. The number of pyridine rings is 1. The van der Waals surface area contributed by atoms with Crippen LogP contribution < -0.4 is 4.74 Å². The average Bonchev–Trinajstić information content (AvgIpc) is 2.63. The molecule has 0 saturated heterocycles. The van der Waals surface area contributed by atoms with Gasteiger partial charge in [-0.1, -0.05) is 36.4 Å². The Hall–Kier alpha value is -2.94. The van der Waals surface area contributed by atoms with Crippen molar-refractivity contribution in [2.45, 2.75) is 12.8 Å². The van der Waals surface area contributed by atoms with Crippen LogP contribution in [0.25, 0.3) is 11.1 Å². The Morgan fingerprint density at radius 2 is 1.54 bits per heavy atom. The van der Waals surface area contributed by atoms with E-state index in [1.165, 1.54) is 0 Å². The monoisotopic (exact) mass is 317 g/mol. The van der Waals surface area contributed by atoms with Crippen molar-refractivity contribution in [3.05, 3.63) is 84.2 Å². The average molecular weight is 317 g/mol. The van der Waals surface area contributed by atoms with Crippen molar-refractivity contribution in [2.24, 2.45) is 0 Å². The summed E-state index contributed by atoms with van der Waals surface area (Å²) >= 11 is 0. The molecule has 0 amide bonds. The molecule has 0 aliphatic carbocycles. The third kappa shape index (κ3) is 4.07. The molecule has 3 nitrogen and oxygen atoms in total. The van der Waals surface area contributed by atoms with E-state index in [0.717, 1.165) is 28.0 Å². The van der Waals surface area contributed by atoms with E-state index in [4.69, 9.17) is 4.74 Å². The number of aromatic nitrogens is 1. The van der Waals surface area contributed by atoms with E-state index < -0.39 is 0 Å². The molecule has 0 fully saturated rings. The third-order valence-corrected chi connectivity index (χ3v) is 3.90. The van der Waals surface area contributed by atoms with Crippen LogP contribution >= 0.6 is 0 Å². The fourth-order valence-corrected chi connectivity index (χ4v) is 2.66. The zero-order valence-corrected chi connectivity index (χ0v) is 13.6. The van der Waals surface area contributed by atoms with Crippen molar-refractivity contribution < 1.29 is 9.53 Å². The maximum Gasteiger partial charge on any atom is 0.141 e. The number of benzene rings is 2. The molecule has 0 aliphatic heterocycles. The van der Waals surface area contributed by atoms with Gasteiger partial charge in [-0.25, -0.2) is 0 Å². The van der Waals surface area contributed by atoms with Gasteiger partial charge in [0, 0.05) is 25.2 Å². The lowest BCUT2D eigenvalue weighted by Crippen LogP contribution is -2.06. The number of Topliss-reactive ketones (excluding diaryl/α,β-unsaturated/α-hetero) is 1. The van der Waals surface area contributed by atoms with Gasteiger partial charge in [-0.2, -0.15) is 0 Å². The maximum absolute atomic E-state index is 12.3. The third-order valence-electron chi connectivity index (χ3n) is 3.90. The minimum atomic E-state index is 0.194. The first kappa shape index (κ1) is 15.9. The molecular weight excluding hydrogens is 298 g/mol. The van der Waals surface area contributed by atoms with Gasteiger partial charge in [-0.05, 0) is 46.5 Å². The summed E-state index contributed by atoms with van der Waals surface area (Å²) in [5.41, 5.74) is 4.26. The van der Waals surface area contributed by atoms with Gasteiger partial charge in [0.05, 0.1) is 7.11 Å². The zero-order valence-electron chi connectivity index (χ0n) is 13.6. The lowest BCUT2D eigenvalue weighted by Gasteiger charge is -2.06. The summed E-state index contributed by atoms with van der Waals surface area (Å²) in [4.78, 5) is 16.3. The lowest BCUT2D eigenvalue weighted by molar-refractivity contribution is -0.117. The molecule has 2 aromatic carbocycles. The van der Waals surface area contributed by atoms with Crippen molar-refractivity contribution in [1.29, 1.82) is 0 Å². The topological polar surface area (TPSA) is 39.2 Å². The van der Waals surface area contributed by atoms with Gasteiger partial charge in [0.1, 0.15) is 11.5 Å². The number of rotatable bonds is 6. The number of carbonyl (C=O) groups is 1. The molecule has 0 spiro atoms. The van der Waals surface area contributed by atoms with E-state index in [1.807, 2.05) is 60.7 Å². The molecule has 3 heteroatoms. The summed E-state index contributed by atoms with van der Waals surface area (Å²) in [6, 6.07) is 19.7. The first-order valence-electron chi connectivity index (χ1n) is 7.88. The summed E-state index contributed by atoms with van der Waals surface area (Å²) in [6.45, 7) is 0. The fourth-order valence-electron chi connectivity index (χ4n) is 2.66. The number of carbonyl (C=O) groups excluding carboxylic acids is 1. The Bertz CT molecular complexity index is 811. The van der Waals surface area contributed by atoms with Crippen LogP contribution in [0.15, 0.2) is 73.1 Å². The van der Waals surface area contributed by atoms with Gasteiger partial charge in [0.2, 0.25) is 0 Å². The Morgan fingerprint density at radius 3 is 2.25 bits per heavy atom. The molecule has 1 aromatic heterocycles. The van der Waals surface area contributed by atoms with Gasteiger partial charge < -0.3 is 4.74 Å². The van der Waals surface area contributed by atoms with Crippen LogP contribution in [0.2, 0.25) is 0 Å². The minimum absolute atomic E-state index is 0.194. The van der Waals surface area contributed by atoms with Gasteiger partial charge in [-0.3, -0.25) is 9.78 Å². The van der Waals surface area contributed by atoms with Crippen molar-refractivity contribution in [2.75, 3.05) is 7.11 Å². The highest BCUT2D eigenvalue weighted by molar-refractivity contribution is 5.83. The highest BCUT2D eigenvalue weighted by Gasteiger charge is 2.07. The van der Waals surface area contributed by atoms with E-state index in [9.17, 15) is 4.79 Å². The fraction of sp³-hybridized carbons (Fsp3) is 0.143. The van der Waals surface area contributed by atoms with Crippen molar-refractivity contribution in [3.63, 3.8) is 0 Å². The van der Waals surface area contributed by atoms with Crippen molar-refractivity contribution >= 4 is 5.78 Å². The van der Waals surface area contributed by atoms with Crippen molar-refractivity contribution in [3.8, 4) is 16.9 Å². The summed E-state index contributed by atoms with van der Waals surface area (Å²) in [7, 11) is 1.63. The van der Waals surface area contributed by atoms with E-state index in [0.29, 0.717) is 12.8 Å². The summed E-state index contributed by atoms with van der Waals surface area (Å²) < 4.78 is 5.19.